The van der Waals surface area contributed by atoms with E-state index in [1.165, 1.54) is 0 Å². The van der Waals surface area contributed by atoms with E-state index in [9.17, 15) is 18.4 Å². The molecule has 0 amide bonds. The Morgan fingerprint density at radius 1 is 1.12 bits per heavy atom. The Bertz CT molecular complexity index is 1410. The third kappa shape index (κ3) is 7.45. The molecule has 2 saturated heterocycles. The normalized spacial score (nSPS) is 18.2. The fourth-order valence-electron chi connectivity index (χ4n) is 4.94. The van der Waals surface area contributed by atoms with Crippen LogP contribution in [-0.4, -0.2) is 53.4 Å². The minimum absolute atomic E-state index is 0.305. The van der Waals surface area contributed by atoms with Crippen molar-refractivity contribution in [3.8, 4) is 11.8 Å². The fourth-order valence-corrected chi connectivity index (χ4v) is 5.18. The lowest BCUT2D eigenvalue weighted by Gasteiger charge is -2.26. The SMILES string of the molecule is CC(C)(c1ccc(OCc2ccnc(N3CC4CNCC4C3)n2)cc1)c1cc(Cl)cc(C#N)c1.O=C(O)C(F)(F)F. The topological polar surface area (TPSA) is 111 Å². The van der Waals surface area contributed by atoms with Crippen molar-refractivity contribution in [3.05, 3.63) is 82.1 Å². The summed E-state index contributed by atoms with van der Waals surface area (Å²) in [5.41, 5.74) is 3.24. The number of nitrogens with zero attached hydrogens (tertiary/aromatic N) is 4. The predicted octanol–water partition coefficient (Wildman–Crippen LogP) is 5.20. The Balaban J connectivity index is 0.000000493. The van der Waals surface area contributed by atoms with Crippen molar-refractivity contribution in [2.75, 3.05) is 31.1 Å². The van der Waals surface area contributed by atoms with Crippen LogP contribution in [0.1, 0.15) is 36.2 Å². The molecule has 2 unspecified atom stereocenters. The number of carbonyl (C=O) groups is 1. The molecular formula is C29H29ClF3N5O3. The standard InChI is InChI=1S/C27H28ClN5O.C2HF3O2/c1-27(2,22-9-18(12-29)10-23(28)11-22)21-3-5-25(6-4-21)34-17-24-7-8-31-26(32-24)33-15-19-13-30-14-20(19)16-33;3-2(4,5)1(6)7/h3-11,19-20,30H,13-17H2,1-2H3;(H,6,7). The molecule has 12 heteroatoms. The van der Waals surface area contributed by atoms with Gasteiger partial charge in [-0.2, -0.15) is 18.4 Å². The zero-order chi connectivity index (χ0) is 29.8. The molecule has 2 aliphatic heterocycles. The van der Waals surface area contributed by atoms with Crippen molar-refractivity contribution in [3.63, 3.8) is 0 Å². The Kier molecular flexibility index (Phi) is 9.05. The first-order valence-electron chi connectivity index (χ1n) is 12.9. The summed E-state index contributed by atoms with van der Waals surface area (Å²) in [5, 5.41) is 20.5. The molecule has 3 heterocycles. The first kappa shape index (κ1) is 30.1. The van der Waals surface area contributed by atoms with Crippen LogP contribution >= 0.6 is 11.6 Å². The highest BCUT2D eigenvalue weighted by molar-refractivity contribution is 6.30. The van der Waals surface area contributed by atoms with Gasteiger partial charge in [0, 0.05) is 42.8 Å². The largest absolute Gasteiger partial charge is 0.490 e. The van der Waals surface area contributed by atoms with Gasteiger partial charge in [-0.1, -0.05) is 37.6 Å². The number of anilines is 1. The number of benzene rings is 2. The van der Waals surface area contributed by atoms with Gasteiger partial charge in [-0.05, 0) is 59.4 Å². The number of rotatable bonds is 6. The molecule has 2 fully saturated rings. The van der Waals surface area contributed by atoms with Crippen LogP contribution in [0.2, 0.25) is 5.02 Å². The number of aliphatic carboxylic acids is 1. The minimum Gasteiger partial charge on any atom is -0.487 e. The van der Waals surface area contributed by atoms with E-state index in [1.807, 2.05) is 36.5 Å². The first-order chi connectivity index (χ1) is 19.4. The molecular weight excluding hydrogens is 559 g/mol. The van der Waals surface area contributed by atoms with E-state index in [0.29, 0.717) is 29.0 Å². The fraction of sp³-hybridized carbons (Fsp3) is 0.379. The number of carboxylic acids is 1. The second kappa shape index (κ2) is 12.3. The Labute approximate surface area is 240 Å². The number of nitrogens with one attached hydrogen (secondary N) is 1. The van der Waals surface area contributed by atoms with Crippen LogP contribution < -0.4 is 15.0 Å². The molecule has 0 bridgehead atoms. The van der Waals surface area contributed by atoms with Gasteiger partial charge in [-0.25, -0.2) is 14.8 Å². The molecule has 3 aromatic rings. The number of nitriles is 1. The summed E-state index contributed by atoms with van der Waals surface area (Å²) in [6.45, 7) is 8.85. The van der Waals surface area contributed by atoms with Crippen molar-refractivity contribution in [2.24, 2.45) is 11.8 Å². The maximum Gasteiger partial charge on any atom is 0.490 e. The van der Waals surface area contributed by atoms with E-state index < -0.39 is 12.1 Å². The van der Waals surface area contributed by atoms with Crippen LogP contribution in [0.4, 0.5) is 19.1 Å². The number of hydrogen-bond donors (Lipinski definition) is 2. The highest BCUT2D eigenvalue weighted by Crippen LogP contribution is 2.34. The van der Waals surface area contributed by atoms with Gasteiger partial charge in [-0.15, -0.1) is 0 Å². The number of halogens is 4. The van der Waals surface area contributed by atoms with Crippen LogP contribution in [0.15, 0.2) is 54.7 Å². The molecule has 0 spiro atoms. The first-order valence-corrected chi connectivity index (χ1v) is 13.3. The molecule has 2 aliphatic rings. The van der Waals surface area contributed by atoms with Crippen LogP contribution in [0.3, 0.4) is 0 Å². The molecule has 0 saturated carbocycles. The van der Waals surface area contributed by atoms with Gasteiger partial charge in [0.1, 0.15) is 12.4 Å². The number of alkyl halides is 3. The summed E-state index contributed by atoms with van der Waals surface area (Å²) in [6, 6.07) is 17.7. The summed E-state index contributed by atoms with van der Waals surface area (Å²) in [7, 11) is 0. The Hall–Kier alpha value is -3.88. The molecule has 1 aromatic heterocycles. The third-order valence-electron chi connectivity index (χ3n) is 7.33. The molecule has 0 aliphatic carbocycles. The number of aromatic nitrogens is 2. The second-order valence-corrected chi connectivity index (χ2v) is 10.9. The monoisotopic (exact) mass is 587 g/mol. The van der Waals surface area contributed by atoms with Gasteiger partial charge >= 0.3 is 12.1 Å². The van der Waals surface area contributed by atoms with Crippen molar-refractivity contribution in [1.29, 1.82) is 5.26 Å². The minimum atomic E-state index is -5.08. The van der Waals surface area contributed by atoms with Crippen LogP contribution in [0.25, 0.3) is 0 Å². The zero-order valence-electron chi connectivity index (χ0n) is 22.5. The van der Waals surface area contributed by atoms with Crippen LogP contribution in [0.5, 0.6) is 5.75 Å². The van der Waals surface area contributed by atoms with Crippen LogP contribution in [-0.2, 0) is 16.8 Å². The maximum atomic E-state index is 10.6. The molecule has 2 aromatic carbocycles. The van der Waals surface area contributed by atoms with Crippen LogP contribution in [0, 0.1) is 23.2 Å². The second-order valence-electron chi connectivity index (χ2n) is 10.5. The molecule has 8 nitrogen and oxygen atoms in total. The van der Waals surface area contributed by atoms with E-state index in [1.54, 1.807) is 6.07 Å². The van der Waals surface area contributed by atoms with Gasteiger partial charge in [0.05, 0.1) is 17.3 Å². The lowest BCUT2D eigenvalue weighted by molar-refractivity contribution is -0.192. The van der Waals surface area contributed by atoms with E-state index in [4.69, 9.17) is 31.2 Å². The number of ether oxygens (including phenoxy) is 1. The Morgan fingerprint density at radius 2 is 1.76 bits per heavy atom. The van der Waals surface area contributed by atoms with E-state index in [-0.39, 0.29) is 5.41 Å². The highest BCUT2D eigenvalue weighted by atomic mass is 35.5. The average Bonchev–Trinajstić information content (AvgIpc) is 3.55. The maximum absolute atomic E-state index is 10.6. The zero-order valence-corrected chi connectivity index (χ0v) is 23.2. The van der Waals surface area contributed by atoms with Crippen molar-refractivity contribution >= 4 is 23.5 Å². The lowest BCUT2D eigenvalue weighted by Crippen LogP contribution is -2.27. The predicted molar refractivity (Wildman–Crippen MR) is 147 cm³/mol. The molecule has 0 radical (unpaired) electrons. The summed E-state index contributed by atoms with van der Waals surface area (Å²) < 4.78 is 37.8. The quantitative estimate of drug-likeness (QED) is 0.405. The van der Waals surface area contributed by atoms with E-state index >= 15 is 0 Å². The van der Waals surface area contributed by atoms with Gasteiger partial charge in [0.2, 0.25) is 5.95 Å². The summed E-state index contributed by atoms with van der Waals surface area (Å²) >= 11 is 6.24. The average molecular weight is 588 g/mol. The van der Waals surface area contributed by atoms with Crippen molar-refractivity contribution in [1.82, 2.24) is 15.3 Å². The van der Waals surface area contributed by atoms with Gasteiger partial charge in [-0.3, -0.25) is 0 Å². The smallest absolute Gasteiger partial charge is 0.487 e. The van der Waals surface area contributed by atoms with Gasteiger partial charge in [0.15, 0.2) is 0 Å². The van der Waals surface area contributed by atoms with Gasteiger partial charge < -0.3 is 20.1 Å². The number of fused-ring (bicyclic) bond motifs is 1. The molecule has 216 valence electrons. The lowest BCUT2D eigenvalue weighted by atomic mass is 9.78. The summed E-state index contributed by atoms with van der Waals surface area (Å²) in [4.78, 5) is 20.4. The Morgan fingerprint density at radius 3 is 2.34 bits per heavy atom. The molecule has 41 heavy (non-hydrogen) atoms. The summed E-state index contributed by atoms with van der Waals surface area (Å²) in [6.07, 6.45) is -3.26. The number of hydrogen-bond acceptors (Lipinski definition) is 7. The summed E-state index contributed by atoms with van der Waals surface area (Å²) in [5.74, 6) is 0.220. The van der Waals surface area contributed by atoms with E-state index in [2.05, 4.69) is 47.3 Å². The third-order valence-corrected chi connectivity index (χ3v) is 7.54. The molecule has 5 rings (SSSR count). The number of carboxylic acid groups (broad SMARTS) is 1. The van der Waals surface area contributed by atoms with E-state index in [0.717, 1.165) is 54.7 Å². The van der Waals surface area contributed by atoms with Crippen molar-refractivity contribution in [2.45, 2.75) is 32.0 Å². The van der Waals surface area contributed by atoms with Crippen molar-refractivity contribution < 1.29 is 27.8 Å². The van der Waals surface area contributed by atoms with Gasteiger partial charge in [0.25, 0.3) is 0 Å². The molecule has 2 N–H and O–H groups in total. The highest BCUT2D eigenvalue weighted by Gasteiger charge is 2.38. The molecule has 2 atom stereocenters.